The van der Waals surface area contributed by atoms with E-state index < -0.39 is 6.10 Å². The van der Waals surface area contributed by atoms with Crippen molar-refractivity contribution in [2.75, 3.05) is 0 Å². The highest BCUT2D eigenvalue weighted by Gasteiger charge is 2.30. The van der Waals surface area contributed by atoms with Gasteiger partial charge in [0, 0.05) is 5.92 Å². The van der Waals surface area contributed by atoms with Crippen molar-refractivity contribution in [3.05, 3.63) is 0 Å². The Morgan fingerprint density at radius 1 is 1.42 bits per heavy atom. The zero-order valence-corrected chi connectivity index (χ0v) is 8.72. The third-order valence-electron chi connectivity index (χ3n) is 2.19. The van der Waals surface area contributed by atoms with Crippen LogP contribution in [0.4, 0.5) is 0 Å². The van der Waals surface area contributed by atoms with Crippen LogP contribution in [0.1, 0.15) is 41.0 Å². The van der Waals surface area contributed by atoms with E-state index in [1.807, 2.05) is 34.6 Å². The summed E-state index contributed by atoms with van der Waals surface area (Å²) in [6.45, 7) is 9.43. The van der Waals surface area contributed by atoms with E-state index in [0.717, 1.165) is 6.42 Å². The molecule has 0 heterocycles. The van der Waals surface area contributed by atoms with E-state index in [9.17, 15) is 9.90 Å². The molecule has 12 heavy (non-hydrogen) atoms. The van der Waals surface area contributed by atoms with Gasteiger partial charge in [-0.3, -0.25) is 4.79 Å². The number of carbonyl (C=O) groups excluding carboxylic acids is 1. The highest BCUT2D eigenvalue weighted by Crippen LogP contribution is 2.22. The van der Waals surface area contributed by atoms with Crippen LogP contribution in [0.2, 0.25) is 0 Å². The molecule has 1 N–H and O–H groups in total. The lowest BCUT2D eigenvalue weighted by Gasteiger charge is -2.26. The van der Waals surface area contributed by atoms with Crippen LogP contribution in [0.25, 0.3) is 0 Å². The van der Waals surface area contributed by atoms with E-state index in [-0.39, 0.29) is 17.1 Å². The molecule has 2 nitrogen and oxygen atoms in total. The highest BCUT2D eigenvalue weighted by atomic mass is 16.3. The number of Topliss-reactive ketones (excluding diaryl/α,β-unsaturated/α-hetero) is 1. The topological polar surface area (TPSA) is 37.3 Å². The van der Waals surface area contributed by atoms with Crippen LogP contribution in [-0.2, 0) is 4.79 Å². The SMILES string of the molecule is CCC(C)C(=O)C(O)C(C)(C)C. The molecule has 0 amide bonds. The van der Waals surface area contributed by atoms with Crippen LogP contribution >= 0.6 is 0 Å². The van der Waals surface area contributed by atoms with Gasteiger partial charge >= 0.3 is 0 Å². The minimum atomic E-state index is -0.826. The lowest BCUT2D eigenvalue weighted by Crippen LogP contribution is -2.37. The van der Waals surface area contributed by atoms with Gasteiger partial charge in [0.15, 0.2) is 5.78 Å². The number of carbonyl (C=O) groups is 1. The zero-order chi connectivity index (χ0) is 9.94. The molecule has 0 spiro atoms. The lowest BCUT2D eigenvalue weighted by atomic mass is 9.82. The molecule has 0 rings (SSSR count). The summed E-state index contributed by atoms with van der Waals surface area (Å²) in [5.41, 5.74) is -0.333. The fourth-order valence-electron chi connectivity index (χ4n) is 0.897. The molecule has 0 aliphatic carbocycles. The number of aliphatic hydroxyl groups excluding tert-OH is 1. The second-order valence-electron chi connectivity index (χ2n) is 4.48. The van der Waals surface area contributed by atoms with Gasteiger partial charge in [-0.2, -0.15) is 0 Å². The molecule has 0 aromatic rings. The number of rotatable bonds is 3. The van der Waals surface area contributed by atoms with Gasteiger partial charge in [-0.15, -0.1) is 0 Å². The van der Waals surface area contributed by atoms with Gasteiger partial charge in [-0.1, -0.05) is 34.6 Å². The normalized spacial score (nSPS) is 17.2. The molecule has 0 aromatic heterocycles. The summed E-state index contributed by atoms with van der Waals surface area (Å²) >= 11 is 0. The molecule has 2 heteroatoms. The average molecular weight is 172 g/mol. The second kappa shape index (κ2) is 4.04. The zero-order valence-electron chi connectivity index (χ0n) is 8.72. The summed E-state index contributed by atoms with van der Waals surface area (Å²) in [7, 11) is 0. The maximum absolute atomic E-state index is 11.5. The minimum Gasteiger partial charge on any atom is -0.385 e. The molecule has 0 bridgehead atoms. The quantitative estimate of drug-likeness (QED) is 0.707. The van der Waals surface area contributed by atoms with Crippen molar-refractivity contribution in [2.45, 2.75) is 47.1 Å². The van der Waals surface area contributed by atoms with E-state index >= 15 is 0 Å². The van der Waals surface area contributed by atoms with Gasteiger partial charge in [0.2, 0.25) is 0 Å². The molecule has 0 saturated heterocycles. The predicted molar refractivity (Wildman–Crippen MR) is 49.9 cm³/mol. The first-order valence-electron chi connectivity index (χ1n) is 4.52. The van der Waals surface area contributed by atoms with Gasteiger partial charge in [-0.25, -0.2) is 0 Å². The van der Waals surface area contributed by atoms with Crippen LogP contribution in [-0.4, -0.2) is 17.0 Å². The van der Waals surface area contributed by atoms with Crippen LogP contribution in [0, 0.1) is 11.3 Å². The first kappa shape index (κ1) is 11.6. The number of hydrogen-bond acceptors (Lipinski definition) is 2. The Bertz CT molecular complexity index is 156. The molecule has 0 saturated carbocycles. The molecule has 0 aliphatic heterocycles. The van der Waals surface area contributed by atoms with Crippen molar-refractivity contribution < 1.29 is 9.90 Å². The maximum atomic E-state index is 11.5. The molecule has 0 aromatic carbocycles. The molecule has 72 valence electrons. The van der Waals surface area contributed by atoms with Crippen molar-refractivity contribution in [3.63, 3.8) is 0 Å². The van der Waals surface area contributed by atoms with Crippen LogP contribution in [0.5, 0.6) is 0 Å². The Morgan fingerprint density at radius 2 is 1.83 bits per heavy atom. The molecule has 0 fully saturated rings. The van der Waals surface area contributed by atoms with Crippen molar-refractivity contribution in [3.8, 4) is 0 Å². The van der Waals surface area contributed by atoms with Crippen LogP contribution < -0.4 is 0 Å². The Kier molecular flexibility index (Phi) is 3.91. The summed E-state index contributed by atoms with van der Waals surface area (Å²) in [6, 6.07) is 0. The number of hydrogen-bond donors (Lipinski definition) is 1. The number of aliphatic hydroxyl groups is 1. The third kappa shape index (κ3) is 2.94. The van der Waals surface area contributed by atoms with E-state index in [1.54, 1.807) is 0 Å². The molecule has 0 radical (unpaired) electrons. The fourth-order valence-corrected chi connectivity index (χ4v) is 0.897. The van der Waals surface area contributed by atoms with Gasteiger partial charge in [0.25, 0.3) is 0 Å². The Balaban J connectivity index is 4.30. The number of ketones is 1. The molecule has 0 aliphatic rings. The molecule has 2 unspecified atom stereocenters. The van der Waals surface area contributed by atoms with Gasteiger partial charge in [0.05, 0.1) is 0 Å². The monoisotopic (exact) mass is 172 g/mol. The van der Waals surface area contributed by atoms with Crippen molar-refractivity contribution in [1.82, 2.24) is 0 Å². The molecular formula is C10H20O2. The average Bonchev–Trinajstić information content (AvgIpc) is 1.98. The van der Waals surface area contributed by atoms with E-state index in [4.69, 9.17) is 0 Å². The third-order valence-corrected chi connectivity index (χ3v) is 2.19. The lowest BCUT2D eigenvalue weighted by molar-refractivity contribution is -0.136. The van der Waals surface area contributed by atoms with Gasteiger partial charge in [0.1, 0.15) is 6.10 Å². The Hall–Kier alpha value is -0.370. The summed E-state index contributed by atoms with van der Waals surface area (Å²) in [6.07, 6.45) is -0.0288. The smallest absolute Gasteiger partial charge is 0.164 e. The first-order chi connectivity index (χ1) is 5.30. The second-order valence-corrected chi connectivity index (χ2v) is 4.48. The summed E-state index contributed by atoms with van der Waals surface area (Å²) < 4.78 is 0. The summed E-state index contributed by atoms with van der Waals surface area (Å²) in [4.78, 5) is 11.5. The largest absolute Gasteiger partial charge is 0.385 e. The van der Waals surface area contributed by atoms with Crippen molar-refractivity contribution in [2.24, 2.45) is 11.3 Å². The van der Waals surface area contributed by atoms with Crippen molar-refractivity contribution >= 4 is 5.78 Å². The van der Waals surface area contributed by atoms with Crippen LogP contribution in [0.15, 0.2) is 0 Å². The van der Waals surface area contributed by atoms with Crippen molar-refractivity contribution in [1.29, 1.82) is 0 Å². The molecular weight excluding hydrogens is 152 g/mol. The van der Waals surface area contributed by atoms with E-state index in [1.165, 1.54) is 0 Å². The molecule has 2 atom stereocenters. The Labute approximate surface area is 75.0 Å². The maximum Gasteiger partial charge on any atom is 0.164 e. The first-order valence-corrected chi connectivity index (χ1v) is 4.52. The van der Waals surface area contributed by atoms with Crippen LogP contribution in [0.3, 0.4) is 0 Å². The van der Waals surface area contributed by atoms with Gasteiger partial charge in [-0.05, 0) is 11.8 Å². The standard InChI is InChI=1S/C10H20O2/c1-6-7(2)8(11)9(12)10(3,4)5/h7,9,12H,6H2,1-5H3. The van der Waals surface area contributed by atoms with Gasteiger partial charge < -0.3 is 5.11 Å². The summed E-state index contributed by atoms with van der Waals surface area (Å²) in [5.74, 6) is -0.0655. The fraction of sp³-hybridized carbons (Fsp3) is 0.900. The highest BCUT2D eigenvalue weighted by molar-refractivity contribution is 5.85. The Morgan fingerprint density at radius 3 is 2.08 bits per heavy atom. The van der Waals surface area contributed by atoms with E-state index in [2.05, 4.69) is 0 Å². The minimum absolute atomic E-state index is 0.0285. The van der Waals surface area contributed by atoms with E-state index in [0.29, 0.717) is 0 Å². The summed E-state index contributed by atoms with van der Waals surface area (Å²) in [5, 5.41) is 9.61. The predicted octanol–water partition coefficient (Wildman–Crippen LogP) is 2.01.